The van der Waals surface area contributed by atoms with Crippen molar-refractivity contribution in [1.82, 2.24) is 0 Å². The molecule has 0 aliphatic rings. The van der Waals surface area contributed by atoms with E-state index < -0.39 is 5.60 Å². The third-order valence-electron chi connectivity index (χ3n) is 1.36. The van der Waals surface area contributed by atoms with Crippen molar-refractivity contribution in [3.63, 3.8) is 0 Å². The fourth-order valence-electron chi connectivity index (χ4n) is 0.701. The molecule has 0 aliphatic carbocycles. The molecule has 1 radical (unpaired) electrons. The van der Waals surface area contributed by atoms with Crippen LogP contribution in [-0.4, -0.2) is 5.11 Å². The molecule has 0 atom stereocenters. The average Bonchev–Trinajstić information content (AvgIpc) is 2.11. The lowest BCUT2D eigenvalue weighted by Crippen LogP contribution is -2.13. The van der Waals surface area contributed by atoms with Crippen LogP contribution in [-0.2, 0) is 5.60 Å². The van der Waals surface area contributed by atoms with Crippen LogP contribution in [0.5, 0.6) is 0 Å². The van der Waals surface area contributed by atoms with Crippen molar-refractivity contribution < 1.29 is 5.11 Å². The lowest BCUT2D eigenvalue weighted by molar-refractivity contribution is 0.0790. The summed E-state index contributed by atoms with van der Waals surface area (Å²) < 4.78 is 0. The van der Waals surface area contributed by atoms with Gasteiger partial charge in [-0.2, -0.15) is 0 Å². The van der Waals surface area contributed by atoms with Crippen LogP contribution in [0.2, 0.25) is 0 Å². The highest BCUT2D eigenvalue weighted by atomic mass is 32.1. The Balaban J connectivity index is 2.96. The minimum Gasteiger partial charge on any atom is -0.386 e. The topological polar surface area (TPSA) is 20.2 Å². The van der Waals surface area contributed by atoms with E-state index in [9.17, 15) is 5.11 Å². The summed E-state index contributed by atoms with van der Waals surface area (Å²) in [6.07, 6.45) is 0. The number of thiophene rings is 1. The largest absolute Gasteiger partial charge is 0.386 e. The first kappa shape index (κ1) is 7.76. The molecule has 1 aromatic rings. The standard InChI is InChI=1S/C8H11OS/c1-6-4-7(5-10-6)8(2,3)9/h4-5,9H,1H2,2-3H3. The Labute approximate surface area is 65.3 Å². The van der Waals surface area contributed by atoms with E-state index in [1.54, 1.807) is 25.2 Å². The molecule has 2 heteroatoms. The first-order chi connectivity index (χ1) is 4.50. The second-order valence-electron chi connectivity index (χ2n) is 2.86. The normalized spacial score (nSPS) is 12.0. The predicted molar refractivity (Wildman–Crippen MR) is 44.0 cm³/mol. The van der Waals surface area contributed by atoms with Gasteiger partial charge in [0.25, 0.3) is 0 Å². The molecule has 0 amide bonds. The fraction of sp³-hybridized carbons (Fsp3) is 0.375. The number of rotatable bonds is 1. The van der Waals surface area contributed by atoms with Gasteiger partial charge in [-0.1, -0.05) is 0 Å². The van der Waals surface area contributed by atoms with Gasteiger partial charge in [-0.05, 0) is 37.8 Å². The van der Waals surface area contributed by atoms with Crippen LogP contribution in [0.4, 0.5) is 0 Å². The van der Waals surface area contributed by atoms with Gasteiger partial charge in [0.05, 0.1) is 5.60 Å². The molecule has 0 aliphatic heterocycles. The summed E-state index contributed by atoms with van der Waals surface area (Å²) in [4.78, 5) is 0.997. The van der Waals surface area contributed by atoms with E-state index in [-0.39, 0.29) is 0 Å². The highest BCUT2D eigenvalue weighted by Crippen LogP contribution is 2.24. The predicted octanol–water partition coefficient (Wildman–Crippen LogP) is 2.16. The first-order valence-corrected chi connectivity index (χ1v) is 4.01. The second-order valence-corrected chi connectivity index (χ2v) is 3.86. The Bertz CT molecular complexity index is 219. The van der Waals surface area contributed by atoms with Crippen molar-refractivity contribution in [3.05, 3.63) is 28.8 Å². The fourth-order valence-corrected chi connectivity index (χ4v) is 1.53. The third kappa shape index (κ3) is 1.58. The Hall–Kier alpha value is -0.340. The van der Waals surface area contributed by atoms with Gasteiger partial charge in [-0.3, -0.25) is 0 Å². The van der Waals surface area contributed by atoms with E-state index >= 15 is 0 Å². The van der Waals surface area contributed by atoms with Gasteiger partial charge in [0, 0.05) is 4.88 Å². The molecule has 55 valence electrons. The minimum absolute atomic E-state index is 0.716. The summed E-state index contributed by atoms with van der Waals surface area (Å²) in [6.45, 7) is 7.31. The number of aliphatic hydroxyl groups is 1. The summed E-state index contributed by atoms with van der Waals surface area (Å²) in [5.41, 5.74) is 0.231. The minimum atomic E-state index is -0.716. The maximum absolute atomic E-state index is 9.48. The molecule has 0 saturated carbocycles. The Morgan fingerprint density at radius 1 is 1.60 bits per heavy atom. The van der Waals surface area contributed by atoms with Crippen molar-refractivity contribution in [2.75, 3.05) is 0 Å². The van der Waals surface area contributed by atoms with Crippen molar-refractivity contribution in [2.24, 2.45) is 0 Å². The third-order valence-corrected chi connectivity index (χ3v) is 2.15. The van der Waals surface area contributed by atoms with Crippen LogP contribution in [0.15, 0.2) is 11.4 Å². The molecule has 1 heterocycles. The Morgan fingerprint density at radius 2 is 2.20 bits per heavy atom. The van der Waals surface area contributed by atoms with E-state index in [4.69, 9.17) is 0 Å². The SMILES string of the molecule is [CH2]c1cc(C(C)(C)O)cs1. The van der Waals surface area contributed by atoms with E-state index in [0.29, 0.717) is 0 Å². The van der Waals surface area contributed by atoms with Crippen molar-refractivity contribution in [3.8, 4) is 0 Å². The molecule has 0 fully saturated rings. The molecule has 0 saturated heterocycles. The highest BCUT2D eigenvalue weighted by molar-refractivity contribution is 7.10. The summed E-state index contributed by atoms with van der Waals surface area (Å²) >= 11 is 1.56. The van der Waals surface area contributed by atoms with Crippen molar-refractivity contribution >= 4 is 11.3 Å². The zero-order chi connectivity index (χ0) is 7.78. The molecule has 0 spiro atoms. The number of hydrogen-bond donors (Lipinski definition) is 1. The molecule has 10 heavy (non-hydrogen) atoms. The molecule has 1 aromatic heterocycles. The molecular formula is C8H11OS. The molecule has 0 aromatic carbocycles. The van der Waals surface area contributed by atoms with Gasteiger partial charge in [0.2, 0.25) is 0 Å². The zero-order valence-electron chi connectivity index (χ0n) is 6.22. The van der Waals surface area contributed by atoms with Gasteiger partial charge in [0.15, 0.2) is 0 Å². The van der Waals surface area contributed by atoms with Gasteiger partial charge in [0.1, 0.15) is 0 Å². The van der Waals surface area contributed by atoms with E-state index in [2.05, 4.69) is 6.92 Å². The van der Waals surface area contributed by atoms with Crippen molar-refractivity contribution in [2.45, 2.75) is 19.4 Å². The second kappa shape index (κ2) is 2.36. The maximum atomic E-state index is 9.48. The van der Waals surface area contributed by atoms with Crippen LogP contribution < -0.4 is 0 Å². The quantitative estimate of drug-likeness (QED) is 0.659. The van der Waals surface area contributed by atoms with Crippen LogP contribution >= 0.6 is 11.3 Å². The van der Waals surface area contributed by atoms with Gasteiger partial charge >= 0.3 is 0 Å². The maximum Gasteiger partial charge on any atom is 0.0848 e. The lowest BCUT2D eigenvalue weighted by atomic mass is 10.0. The van der Waals surface area contributed by atoms with Crippen molar-refractivity contribution in [1.29, 1.82) is 0 Å². The smallest absolute Gasteiger partial charge is 0.0848 e. The molecule has 1 rings (SSSR count). The van der Waals surface area contributed by atoms with E-state index in [1.165, 1.54) is 0 Å². The van der Waals surface area contributed by atoms with E-state index in [0.717, 1.165) is 10.4 Å². The molecule has 0 unspecified atom stereocenters. The van der Waals surface area contributed by atoms with Crippen LogP contribution in [0.25, 0.3) is 0 Å². The first-order valence-electron chi connectivity index (χ1n) is 3.13. The van der Waals surface area contributed by atoms with E-state index in [1.807, 2.05) is 11.4 Å². The molecule has 1 nitrogen and oxygen atoms in total. The van der Waals surface area contributed by atoms with Crippen LogP contribution in [0.3, 0.4) is 0 Å². The summed E-state index contributed by atoms with van der Waals surface area (Å²) in [5, 5.41) is 11.4. The molecule has 0 bridgehead atoms. The molecular weight excluding hydrogens is 144 g/mol. The lowest BCUT2D eigenvalue weighted by Gasteiger charge is -2.14. The van der Waals surface area contributed by atoms with Gasteiger partial charge in [-0.25, -0.2) is 0 Å². The van der Waals surface area contributed by atoms with Crippen LogP contribution in [0, 0.1) is 6.92 Å². The Morgan fingerprint density at radius 3 is 2.40 bits per heavy atom. The summed E-state index contributed by atoms with van der Waals surface area (Å²) in [6, 6.07) is 1.91. The van der Waals surface area contributed by atoms with Gasteiger partial charge in [-0.15, -0.1) is 11.3 Å². The number of hydrogen-bond acceptors (Lipinski definition) is 2. The summed E-state index contributed by atoms with van der Waals surface area (Å²) in [7, 11) is 0. The van der Waals surface area contributed by atoms with Crippen LogP contribution in [0.1, 0.15) is 24.3 Å². The summed E-state index contributed by atoms with van der Waals surface area (Å²) in [5.74, 6) is 0. The average molecular weight is 155 g/mol. The Kier molecular flexibility index (Phi) is 1.84. The monoisotopic (exact) mass is 155 g/mol. The zero-order valence-corrected chi connectivity index (χ0v) is 7.03. The van der Waals surface area contributed by atoms with Gasteiger partial charge < -0.3 is 5.11 Å². The molecule has 1 N–H and O–H groups in total. The highest BCUT2D eigenvalue weighted by Gasteiger charge is 2.16.